The molecule has 0 spiro atoms. The normalized spacial score (nSPS) is 21.9. The third-order valence-electron chi connectivity index (χ3n) is 2.03. The molecule has 0 aromatic carbocycles. The van der Waals surface area contributed by atoms with Gasteiger partial charge in [0.05, 0.1) is 18.9 Å². The molecule has 1 aliphatic rings. The van der Waals surface area contributed by atoms with Gasteiger partial charge in [0.2, 0.25) is 5.91 Å². The molecule has 1 fully saturated rings. The summed E-state index contributed by atoms with van der Waals surface area (Å²) in [6.45, 7) is 1.87. The Labute approximate surface area is 86.3 Å². The van der Waals surface area contributed by atoms with E-state index in [1.165, 1.54) is 0 Å². The maximum absolute atomic E-state index is 11.6. The van der Waals surface area contributed by atoms with Gasteiger partial charge in [0, 0.05) is 11.9 Å². The van der Waals surface area contributed by atoms with Crippen molar-refractivity contribution in [3.8, 4) is 0 Å². The van der Waals surface area contributed by atoms with E-state index in [2.05, 4.69) is 10.6 Å². The molecule has 4 nitrogen and oxygen atoms in total. The highest BCUT2D eigenvalue weighted by molar-refractivity contribution is 7.08. The summed E-state index contributed by atoms with van der Waals surface area (Å²) in [4.78, 5) is 11.6. The Morgan fingerprint density at radius 2 is 2.64 bits per heavy atom. The van der Waals surface area contributed by atoms with E-state index in [0.717, 1.165) is 12.2 Å². The molecule has 2 rings (SSSR count). The number of carbonyl (C=O) groups is 1. The summed E-state index contributed by atoms with van der Waals surface area (Å²) in [5.74, 6) is -0.0249. The SMILES string of the molecule is O=C(Nc1ccsc1)C1COCCN1. The van der Waals surface area contributed by atoms with Crippen LogP contribution in [0.5, 0.6) is 0 Å². The third-order valence-corrected chi connectivity index (χ3v) is 2.71. The van der Waals surface area contributed by atoms with E-state index in [1.54, 1.807) is 11.3 Å². The molecule has 0 saturated carbocycles. The first-order chi connectivity index (χ1) is 6.86. The topological polar surface area (TPSA) is 50.4 Å². The van der Waals surface area contributed by atoms with Crippen LogP contribution >= 0.6 is 11.3 Å². The van der Waals surface area contributed by atoms with E-state index in [-0.39, 0.29) is 11.9 Å². The van der Waals surface area contributed by atoms with Crippen molar-refractivity contribution in [1.82, 2.24) is 5.32 Å². The molecule has 1 unspecified atom stereocenters. The van der Waals surface area contributed by atoms with Crippen molar-refractivity contribution < 1.29 is 9.53 Å². The number of anilines is 1. The minimum absolute atomic E-state index is 0.0249. The zero-order chi connectivity index (χ0) is 9.80. The molecule has 2 N–H and O–H groups in total. The van der Waals surface area contributed by atoms with Crippen molar-refractivity contribution in [2.24, 2.45) is 0 Å². The molecule has 0 aliphatic carbocycles. The molecular weight excluding hydrogens is 200 g/mol. The Balaban J connectivity index is 1.88. The predicted octanol–water partition coefficient (Wildman–Crippen LogP) is 0.675. The third kappa shape index (κ3) is 2.31. The van der Waals surface area contributed by atoms with E-state index in [4.69, 9.17) is 4.74 Å². The van der Waals surface area contributed by atoms with Crippen molar-refractivity contribution in [2.45, 2.75) is 6.04 Å². The summed E-state index contributed by atoms with van der Waals surface area (Å²) in [6.07, 6.45) is 0. The van der Waals surface area contributed by atoms with Gasteiger partial charge in [-0.25, -0.2) is 0 Å². The van der Waals surface area contributed by atoms with E-state index < -0.39 is 0 Å². The minimum atomic E-state index is -0.219. The molecule has 1 atom stereocenters. The number of ether oxygens (including phenoxy) is 1. The molecule has 1 saturated heterocycles. The fourth-order valence-electron chi connectivity index (χ4n) is 1.30. The van der Waals surface area contributed by atoms with Crippen molar-refractivity contribution in [3.05, 3.63) is 16.8 Å². The van der Waals surface area contributed by atoms with Crippen LogP contribution in [0.1, 0.15) is 0 Å². The van der Waals surface area contributed by atoms with Crippen LogP contribution in [0.25, 0.3) is 0 Å². The van der Waals surface area contributed by atoms with Crippen molar-refractivity contribution in [1.29, 1.82) is 0 Å². The molecule has 76 valence electrons. The largest absolute Gasteiger partial charge is 0.378 e. The Hall–Kier alpha value is -0.910. The van der Waals surface area contributed by atoms with Crippen molar-refractivity contribution in [2.75, 3.05) is 25.1 Å². The van der Waals surface area contributed by atoms with E-state index >= 15 is 0 Å². The van der Waals surface area contributed by atoms with E-state index in [1.807, 2.05) is 16.8 Å². The number of thiophene rings is 1. The second-order valence-corrected chi connectivity index (χ2v) is 3.86. The summed E-state index contributed by atoms with van der Waals surface area (Å²) in [7, 11) is 0. The predicted molar refractivity (Wildman–Crippen MR) is 55.6 cm³/mol. The van der Waals surface area contributed by atoms with Crippen LogP contribution in [0, 0.1) is 0 Å². The van der Waals surface area contributed by atoms with Crippen LogP contribution in [0.4, 0.5) is 5.69 Å². The molecule has 2 heterocycles. The van der Waals surface area contributed by atoms with Gasteiger partial charge in [-0.3, -0.25) is 4.79 Å². The molecule has 1 aliphatic heterocycles. The van der Waals surface area contributed by atoms with Crippen LogP contribution in [-0.4, -0.2) is 31.7 Å². The Morgan fingerprint density at radius 3 is 3.29 bits per heavy atom. The maximum Gasteiger partial charge on any atom is 0.243 e. The van der Waals surface area contributed by atoms with Gasteiger partial charge in [-0.1, -0.05) is 0 Å². The number of hydrogen-bond donors (Lipinski definition) is 2. The second-order valence-electron chi connectivity index (χ2n) is 3.08. The summed E-state index contributed by atoms with van der Waals surface area (Å²) in [6, 6.07) is 1.66. The van der Waals surface area contributed by atoms with Gasteiger partial charge in [0.1, 0.15) is 6.04 Å². The monoisotopic (exact) mass is 212 g/mol. The average Bonchev–Trinajstić information content (AvgIpc) is 2.72. The highest BCUT2D eigenvalue weighted by Gasteiger charge is 2.20. The van der Waals surface area contributed by atoms with Crippen molar-refractivity contribution in [3.63, 3.8) is 0 Å². The van der Waals surface area contributed by atoms with Crippen molar-refractivity contribution >= 4 is 22.9 Å². The van der Waals surface area contributed by atoms with Gasteiger partial charge in [-0.05, 0) is 11.4 Å². The van der Waals surface area contributed by atoms with Crippen LogP contribution < -0.4 is 10.6 Å². The lowest BCUT2D eigenvalue weighted by Crippen LogP contribution is -2.48. The lowest BCUT2D eigenvalue weighted by atomic mass is 10.2. The highest BCUT2D eigenvalue weighted by Crippen LogP contribution is 2.12. The number of amides is 1. The fraction of sp³-hybridized carbons (Fsp3) is 0.444. The summed E-state index contributed by atoms with van der Waals surface area (Å²) in [5, 5.41) is 9.75. The molecule has 0 bridgehead atoms. The molecule has 5 heteroatoms. The summed E-state index contributed by atoms with van der Waals surface area (Å²) in [5.41, 5.74) is 0.854. The van der Waals surface area contributed by atoms with Gasteiger partial charge in [0.15, 0.2) is 0 Å². The number of hydrogen-bond acceptors (Lipinski definition) is 4. The molecular formula is C9H12N2O2S. The average molecular weight is 212 g/mol. The number of carbonyl (C=O) groups excluding carboxylic acids is 1. The lowest BCUT2D eigenvalue weighted by molar-refractivity contribution is -0.120. The zero-order valence-electron chi connectivity index (χ0n) is 7.66. The van der Waals surface area contributed by atoms with Gasteiger partial charge in [-0.15, -0.1) is 0 Å². The first kappa shape index (κ1) is 9.64. The molecule has 1 aromatic heterocycles. The zero-order valence-corrected chi connectivity index (χ0v) is 8.47. The van der Waals surface area contributed by atoms with Crippen LogP contribution in [0.3, 0.4) is 0 Å². The van der Waals surface area contributed by atoms with Crippen LogP contribution in [-0.2, 0) is 9.53 Å². The smallest absolute Gasteiger partial charge is 0.243 e. The Kier molecular flexibility index (Phi) is 3.13. The number of nitrogens with one attached hydrogen (secondary N) is 2. The lowest BCUT2D eigenvalue weighted by Gasteiger charge is -2.22. The quantitative estimate of drug-likeness (QED) is 0.757. The summed E-state index contributed by atoms with van der Waals surface area (Å²) < 4.78 is 5.20. The maximum atomic E-state index is 11.6. The van der Waals surface area contributed by atoms with E-state index in [9.17, 15) is 4.79 Å². The Bertz CT molecular complexity index is 294. The van der Waals surface area contributed by atoms with Gasteiger partial charge >= 0.3 is 0 Å². The van der Waals surface area contributed by atoms with E-state index in [0.29, 0.717) is 13.2 Å². The molecule has 14 heavy (non-hydrogen) atoms. The summed E-state index contributed by atoms with van der Waals surface area (Å²) >= 11 is 1.56. The molecule has 1 aromatic rings. The fourth-order valence-corrected chi connectivity index (χ4v) is 1.89. The van der Waals surface area contributed by atoms with Crippen LogP contribution in [0.2, 0.25) is 0 Å². The number of morpholine rings is 1. The first-order valence-electron chi connectivity index (χ1n) is 4.50. The van der Waals surface area contributed by atoms with Gasteiger partial charge < -0.3 is 15.4 Å². The highest BCUT2D eigenvalue weighted by atomic mass is 32.1. The minimum Gasteiger partial charge on any atom is -0.378 e. The molecule has 1 amide bonds. The Morgan fingerprint density at radius 1 is 1.71 bits per heavy atom. The number of rotatable bonds is 2. The first-order valence-corrected chi connectivity index (χ1v) is 5.45. The molecule has 0 radical (unpaired) electrons. The van der Waals surface area contributed by atoms with Gasteiger partial charge in [0.25, 0.3) is 0 Å². The van der Waals surface area contributed by atoms with Gasteiger partial charge in [-0.2, -0.15) is 11.3 Å². The second kappa shape index (κ2) is 4.54. The van der Waals surface area contributed by atoms with Crippen LogP contribution in [0.15, 0.2) is 16.8 Å². The standard InChI is InChI=1S/C9H12N2O2S/c12-9(8-5-13-3-2-10-8)11-7-1-4-14-6-7/h1,4,6,8,10H,2-3,5H2,(H,11,12).